The van der Waals surface area contributed by atoms with Crippen molar-refractivity contribution in [3.63, 3.8) is 0 Å². The normalized spacial score (nSPS) is 14.2. The lowest BCUT2D eigenvalue weighted by Gasteiger charge is -2.34. The lowest BCUT2D eigenvalue weighted by atomic mass is 10.1. The van der Waals surface area contributed by atoms with Crippen LogP contribution in [0.3, 0.4) is 0 Å². The zero-order chi connectivity index (χ0) is 21.7. The highest BCUT2D eigenvalue weighted by Gasteiger charge is 2.26. The van der Waals surface area contributed by atoms with Crippen LogP contribution in [-0.4, -0.2) is 69.5 Å². The summed E-state index contributed by atoms with van der Waals surface area (Å²) in [7, 11) is 0. The van der Waals surface area contributed by atoms with Gasteiger partial charge in [-0.3, -0.25) is 19.9 Å². The zero-order valence-electron chi connectivity index (χ0n) is 17.3. The van der Waals surface area contributed by atoms with Crippen LogP contribution >= 0.6 is 0 Å². The molecule has 0 saturated carbocycles. The molecule has 1 aliphatic rings. The van der Waals surface area contributed by atoms with Crippen molar-refractivity contribution in [2.24, 2.45) is 0 Å². The van der Waals surface area contributed by atoms with E-state index in [4.69, 9.17) is 4.74 Å². The summed E-state index contributed by atoms with van der Waals surface area (Å²) >= 11 is 0. The number of nitrogens with zero attached hydrogens (tertiary/aromatic N) is 4. The van der Waals surface area contributed by atoms with E-state index < -0.39 is 11.7 Å². The second-order valence-corrected chi connectivity index (χ2v) is 7.88. The maximum Gasteiger partial charge on any atom is 0.412 e. The second-order valence-electron chi connectivity index (χ2n) is 7.88. The van der Waals surface area contributed by atoms with E-state index in [1.54, 1.807) is 54.8 Å². The van der Waals surface area contributed by atoms with E-state index in [0.29, 0.717) is 43.1 Å². The predicted molar refractivity (Wildman–Crippen MR) is 110 cm³/mol. The number of amides is 3. The van der Waals surface area contributed by atoms with Crippen molar-refractivity contribution in [3.8, 4) is 0 Å². The largest absolute Gasteiger partial charge is 0.444 e. The van der Waals surface area contributed by atoms with Crippen molar-refractivity contribution in [3.05, 3.63) is 54.1 Å². The summed E-state index contributed by atoms with van der Waals surface area (Å²) in [4.78, 5) is 48.3. The zero-order valence-corrected chi connectivity index (χ0v) is 17.3. The first-order valence-corrected chi connectivity index (χ1v) is 9.67. The fourth-order valence-electron chi connectivity index (χ4n) is 2.98. The van der Waals surface area contributed by atoms with Gasteiger partial charge in [0.2, 0.25) is 0 Å². The Hall–Kier alpha value is -3.49. The minimum absolute atomic E-state index is 0.120. The van der Waals surface area contributed by atoms with Gasteiger partial charge in [-0.05, 0) is 45.0 Å². The van der Waals surface area contributed by atoms with E-state index in [0.717, 1.165) is 0 Å². The Morgan fingerprint density at radius 2 is 1.53 bits per heavy atom. The van der Waals surface area contributed by atoms with Gasteiger partial charge >= 0.3 is 6.09 Å². The van der Waals surface area contributed by atoms with E-state index in [2.05, 4.69) is 15.3 Å². The number of carbonyl (C=O) groups is 3. The number of carbonyl (C=O) groups excluding carboxylic acids is 3. The lowest BCUT2D eigenvalue weighted by Crippen LogP contribution is -2.50. The number of hydrogen-bond donors (Lipinski definition) is 1. The molecular weight excluding hydrogens is 386 g/mol. The summed E-state index contributed by atoms with van der Waals surface area (Å²) in [5.74, 6) is -0.307. The molecule has 2 heterocycles. The number of piperazine rings is 1. The molecule has 158 valence electrons. The van der Waals surface area contributed by atoms with E-state index in [1.165, 1.54) is 18.6 Å². The summed E-state index contributed by atoms with van der Waals surface area (Å²) in [6.45, 7) is 7.09. The van der Waals surface area contributed by atoms with E-state index in [9.17, 15) is 14.4 Å². The SMILES string of the molecule is CC(C)(C)OC(=O)Nc1ccc(C(=O)N2CCN(C(=O)c3cnccn3)CC2)cc1. The first-order chi connectivity index (χ1) is 14.2. The third kappa shape index (κ3) is 5.53. The van der Waals surface area contributed by atoms with Gasteiger partial charge in [-0.1, -0.05) is 0 Å². The molecule has 1 aliphatic heterocycles. The molecular formula is C21H25N5O4. The molecule has 0 spiro atoms. The Morgan fingerprint density at radius 1 is 0.933 bits per heavy atom. The summed E-state index contributed by atoms with van der Waals surface area (Å²) in [5, 5.41) is 2.64. The molecule has 0 aliphatic carbocycles. The molecule has 2 aromatic rings. The number of ether oxygens (including phenoxy) is 1. The van der Waals surface area contributed by atoms with Gasteiger partial charge in [0.25, 0.3) is 11.8 Å². The van der Waals surface area contributed by atoms with Crippen LogP contribution in [0.5, 0.6) is 0 Å². The molecule has 0 atom stereocenters. The fourth-order valence-corrected chi connectivity index (χ4v) is 2.98. The van der Waals surface area contributed by atoms with Crippen LogP contribution in [0.2, 0.25) is 0 Å². The number of nitrogens with one attached hydrogen (secondary N) is 1. The van der Waals surface area contributed by atoms with Crippen LogP contribution in [-0.2, 0) is 4.74 Å². The Morgan fingerprint density at radius 3 is 2.07 bits per heavy atom. The molecule has 1 aromatic heterocycles. The third-order valence-corrected chi connectivity index (χ3v) is 4.41. The number of benzene rings is 1. The van der Waals surface area contributed by atoms with Crippen LogP contribution in [0.4, 0.5) is 10.5 Å². The van der Waals surface area contributed by atoms with E-state index in [-0.39, 0.29) is 11.8 Å². The maximum atomic E-state index is 12.8. The van der Waals surface area contributed by atoms with Gasteiger partial charge in [0.05, 0.1) is 6.20 Å². The molecule has 30 heavy (non-hydrogen) atoms. The van der Waals surface area contributed by atoms with E-state index in [1.807, 2.05) is 0 Å². The van der Waals surface area contributed by atoms with Crippen molar-refractivity contribution in [2.75, 3.05) is 31.5 Å². The van der Waals surface area contributed by atoms with Crippen LogP contribution < -0.4 is 5.32 Å². The number of hydrogen-bond acceptors (Lipinski definition) is 6. The average Bonchev–Trinajstić information content (AvgIpc) is 2.72. The molecule has 1 saturated heterocycles. The molecule has 1 aromatic carbocycles. The summed E-state index contributed by atoms with van der Waals surface area (Å²) in [6.07, 6.45) is 3.88. The van der Waals surface area contributed by atoms with Gasteiger partial charge in [-0.15, -0.1) is 0 Å². The molecule has 1 fully saturated rings. The topological polar surface area (TPSA) is 105 Å². The molecule has 3 rings (SSSR count). The average molecular weight is 411 g/mol. The van der Waals surface area contributed by atoms with Crippen LogP contribution in [0.1, 0.15) is 41.6 Å². The van der Waals surface area contributed by atoms with Crippen molar-refractivity contribution in [1.82, 2.24) is 19.8 Å². The molecule has 0 unspecified atom stereocenters. The smallest absolute Gasteiger partial charge is 0.412 e. The first kappa shape index (κ1) is 21.2. The number of anilines is 1. The predicted octanol–water partition coefficient (Wildman–Crippen LogP) is 2.42. The second kappa shape index (κ2) is 8.89. The molecule has 1 N–H and O–H groups in total. The maximum absolute atomic E-state index is 12.8. The van der Waals surface area contributed by atoms with Gasteiger partial charge in [0.15, 0.2) is 0 Å². The van der Waals surface area contributed by atoms with Gasteiger partial charge in [0, 0.05) is 49.8 Å². The molecule has 0 radical (unpaired) electrons. The molecule has 9 heteroatoms. The molecule has 3 amide bonds. The van der Waals surface area contributed by atoms with Crippen LogP contribution in [0.15, 0.2) is 42.9 Å². The highest BCUT2D eigenvalue weighted by molar-refractivity contribution is 5.96. The van der Waals surface area contributed by atoms with Gasteiger partial charge in [-0.2, -0.15) is 0 Å². The minimum atomic E-state index is -0.587. The van der Waals surface area contributed by atoms with Crippen LogP contribution in [0, 0.1) is 0 Å². The summed E-state index contributed by atoms with van der Waals surface area (Å²) in [5.41, 5.74) is 0.764. The fraction of sp³-hybridized carbons (Fsp3) is 0.381. The van der Waals surface area contributed by atoms with E-state index >= 15 is 0 Å². The lowest BCUT2D eigenvalue weighted by molar-refractivity contribution is 0.0532. The van der Waals surface area contributed by atoms with Gasteiger partial charge < -0.3 is 14.5 Å². The van der Waals surface area contributed by atoms with Crippen molar-refractivity contribution in [2.45, 2.75) is 26.4 Å². The standard InChI is InChI=1S/C21H25N5O4/c1-21(2,3)30-20(29)24-16-6-4-15(5-7-16)18(27)25-10-12-26(13-11-25)19(28)17-14-22-8-9-23-17/h4-9,14H,10-13H2,1-3H3,(H,24,29). The highest BCUT2D eigenvalue weighted by atomic mass is 16.6. The molecule has 9 nitrogen and oxygen atoms in total. The Bertz CT molecular complexity index is 901. The van der Waals surface area contributed by atoms with Gasteiger partial charge in [-0.25, -0.2) is 9.78 Å². The van der Waals surface area contributed by atoms with Crippen molar-refractivity contribution in [1.29, 1.82) is 0 Å². The highest BCUT2D eigenvalue weighted by Crippen LogP contribution is 2.15. The third-order valence-electron chi connectivity index (χ3n) is 4.41. The number of rotatable bonds is 3. The summed E-state index contributed by atoms with van der Waals surface area (Å²) in [6, 6.07) is 6.63. The molecule has 0 bridgehead atoms. The minimum Gasteiger partial charge on any atom is -0.444 e. The Kier molecular flexibility index (Phi) is 6.29. The quantitative estimate of drug-likeness (QED) is 0.832. The van der Waals surface area contributed by atoms with Crippen molar-refractivity contribution >= 4 is 23.6 Å². The van der Waals surface area contributed by atoms with Gasteiger partial charge in [0.1, 0.15) is 11.3 Å². The monoisotopic (exact) mass is 411 g/mol. The first-order valence-electron chi connectivity index (χ1n) is 9.67. The number of aromatic nitrogens is 2. The van der Waals surface area contributed by atoms with Crippen molar-refractivity contribution < 1.29 is 19.1 Å². The Balaban J connectivity index is 1.54. The Labute approximate surface area is 175 Å². The summed E-state index contributed by atoms with van der Waals surface area (Å²) < 4.78 is 5.21. The van der Waals surface area contributed by atoms with Crippen LogP contribution in [0.25, 0.3) is 0 Å².